The Balaban J connectivity index is 1.30. The van der Waals surface area contributed by atoms with Crippen LogP contribution in [-0.2, 0) is 13.5 Å². The molecule has 0 saturated carbocycles. The Morgan fingerprint density at radius 2 is 2.08 bits per heavy atom. The zero-order chi connectivity index (χ0) is 17.9. The van der Waals surface area contributed by atoms with Gasteiger partial charge >= 0.3 is 6.03 Å². The SMILES string of the molecule is Cn1nnnc1CCNC(=O)N1CCN(c2cccc3[nH]ccc23)CC1. The van der Waals surface area contributed by atoms with Gasteiger partial charge in [-0.2, -0.15) is 0 Å². The summed E-state index contributed by atoms with van der Waals surface area (Å²) in [6.45, 7) is 3.59. The minimum absolute atomic E-state index is 0.0281. The maximum Gasteiger partial charge on any atom is 0.317 e. The van der Waals surface area contributed by atoms with Crippen molar-refractivity contribution in [2.45, 2.75) is 6.42 Å². The smallest absolute Gasteiger partial charge is 0.317 e. The van der Waals surface area contributed by atoms with E-state index in [1.165, 1.54) is 11.1 Å². The third-order valence-electron chi connectivity index (χ3n) is 4.81. The number of tetrazole rings is 1. The fourth-order valence-electron chi connectivity index (χ4n) is 3.35. The van der Waals surface area contributed by atoms with Crippen molar-refractivity contribution in [3.05, 3.63) is 36.3 Å². The zero-order valence-electron chi connectivity index (χ0n) is 14.7. The van der Waals surface area contributed by atoms with E-state index in [0.717, 1.165) is 24.4 Å². The largest absolute Gasteiger partial charge is 0.367 e. The number of nitrogens with one attached hydrogen (secondary N) is 2. The highest BCUT2D eigenvalue weighted by Gasteiger charge is 2.22. The first kappa shape index (κ1) is 16.4. The van der Waals surface area contributed by atoms with E-state index in [-0.39, 0.29) is 6.03 Å². The molecule has 2 N–H and O–H groups in total. The van der Waals surface area contributed by atoms with Crippen molar-refractivity contribution in [3.63, 3.8) is 0 Å². The van der Waals surface area contributed by atoms with E-state index in [0.29, 0.717) is 26.1 Å². The van der Waals surface area contributed by atoms with Crippen molar-refractivity contribution in [1.82, 2.24) is 35.4 Å². The fraction of sp³-hybridized carbons (Fsp3) is 0.412. The van der Waals surface area contributed by atoms with Gasteiger partial charge in [0, 0.05) is 69.0 Å². The minimum atomic E-state index is -0.0281. The van der Waals surface area contributed by atoms with Gasteiger partial charge in [-0.15, -0.1) is 5.10 Å². The lowest BCUT2D eigenvalue weighted by Crippen LogP contribution is -2.52. The van der Waals surface area contributed by atoms with Crippen LogP contribution in [0.25, 0.3) is 10.9 Å². The van der Waals surface area contributed by atoms with Gasteiger partial charge in [-0.25, -0.2) is 9.48 Å². The molecule has 3 aromatic rings. The van der Waals surface area contributed by atoms with Gasteiger partial charge in [0.2, 0.25) is 0 Å². The normalized spacial score (nSPS) is 14.8. The number of hydrogen-bond acceptors (Lipinski definition) is 5. The second kappa shape index (κ2) is 7.03. The summed E-state index contributed by atoms with van der Waals surface area (Å²) in [5.41, 5.74) is 2.36. The molecule has 26 heavy (non-hydrogen) atoms. The minimum Gasteiger partial charge on any atom is -0.367 e. The van der Waals surface area contributed by atoms with Crippen molar-refractivity contribution in [1.29, 1.82) is 0 Å². The number of urea groups is 1. The highest BCUT2D eigenvalue weighted by molar-refractivity contribution is 5.92. The lowest BCUT2D eigenvalue weighted by molar-refractivity contribution is 0.194. The lowest BCUT2D eigenvalue weighted by Gasteiger charge is -2.36. The third-order valence-corrected chi connectivity index (χ3v) is 4.81. The van der Waals surface area contributed by atoms with E-state index in [4.69, 9.17) is 0 Å². The zero-order valence-corrected chi connectivity index (χ0v) is 14.7. The number of carbonyl (C=O) groups excluding carboxylic acids is 1. The molecule has 3 heterocycles. The molecule has 1 saturated heterocycles. The lowest BCUT2D eigenvalue weighted by atomic mass is 10.2. The standard InChI is InChI=1S/C17H22N8O/c1-23-16(20-21-22-23)6-8-19-17(26)25-11-9-24(10-12-25)15-4-2-3-14-13(15)5-7-18-14/h2-5,7,18H,6,8-12H2,1H3,(H,19,26). The predicted octanol–water partition coefficient (Wildman–Crippen LogP) is 0.766. The van der Waals surface area contributed by atoms with Gasteiger partial charge in [0.1, 0.15) is 0 Å². The van der Waals surface area contributed by atoms with E-state index in [1.54, 1.807) is 11.7 Å². The van der Waals surface area contributed by atoms with E-state index in [1.807, 2.05) is 11.1 Å². The van der Waals surface area contributed by atoms with Crippen LogP contribution in [0.4, 0.5) is 10.5 Å². The summed E-state index contributed by atoms with van der Waals surface area (Å²) in [6, 6.07) is 8.36. The van der Waals surface area contributed by atoms with Gasteiger partial charge in [-0.3, -0.25) is 0 Å². The number of hydrogen-bond donors (Lipinski definition) is 2. The summed E-state index contributed by atoms with van der Waals surface area (Å²) in [4.78, 5) is 19.8. The Labute approximate surface area is 151 Å². The van der Waals surface area contributed by atoms with Crippen molar-refractivity contribution < 1.29 is 4.79 Å². The number of carbonyl (C=O) groups is 1. The first-order valence-corrected chi connectivity index (χ1v) is 8.77. The Morgan fingerprint density at radius 1 is 1.23 bits per heavy atom. The quantitative estimate of drug-likeness (QED) is 0.721. The maximum absolute atomic E-state index is 12.4. The van der Waals surface area contributed by atoms with Gasteiger partial charge in [0.25, 0.3) is 0 Å². The predicted molar refractivity (Wildman–Crippen MR) is 98.0 cm³/mol. The van der Waals surface area contributed by atoms with Crippen LogP contribution in [0, 0.1) is 0 Å². The molecule has 1 aromatic carbocycles. The third kappa shape index (κ3) is 3.19. The molecule has 0 bridgehead atoms. The molecule has 9 nitrogen and oxygen atoms in total. The number of benzene rings is 1. The van der Waals surface area contributed by atoms with Crippen LogP contribution in [0.1, 0.15) is 5.82 Å². The molecule has 136 valence electrons. The number of H-pyrrole nitrogens is 1. The van der Waals surface area contributed by atoms with Crippen LogP contribution in [0.3, 0.4) is 0 Å². The number of aromatic amines is 1. The van der Waals surface area contributed by atoms with E-state index in [9.17, 15) is 4.79 Å². The summed E-state index contributed by atoms with van der Waals surface area (Å²) < 4.78 is 1.62. The number of aryl methyl sites for hydroxylation is 1. The monoisotopic (exact) mass is 354 g/mol. The molecule has 0 radical (unpaired) electrons. The molecule has 0 unspecified atom stereocenters. The van der Waals surface area contributed by atoms with Gasteiger partial charge in [-0.1, -0.05) is 6.07 Å². The van der Waals surface area contributed by atoms with Crippen LogP contribution in [0.15, 0.2) is 30.5 Å². The molecule has 2 aromatic heterocycles. The van der Waals surface area contributed by atoms with Crippen molar-refractivity contribution >= 4 is 22.6 Å². The van der Waals surface area contributed by atoms with Crippen molar-refractivity contribution in [2.24, 2.45) is 7.05 Å². The van der Waals surface area contributed by atoms with Crippen LogP contribution < -0.4 is 10.2 Å². The Hall–Kier alpha value is -3.10. The molecule has 2 amide bonds. The number of aromatic nitrogens is 5. The second-order valence-electron chi connectivity index (χ2n) is 6.39. The average molecular weight is 354 g/mol. The fourth-order valence-corrected chi connectivity index (χ4v) is 3.35. The summed E-state index contributed by atoms with van der Waals surface area (Å²) in [5, 5.41) is 15.5. The summed E-state index contributed by atoms with van der Waals surface area (Å²) in [6.07, 6.45) is 2.58. The van der Waals surface area contributed by atoms with Gasteiger partial charge < -0.3 is 20.1 Å². The second-order valence-corrected chi connectivity index (χ2v) is 6.39. The first-order valence-electron chi connectivity index (χ1n) is 8.77. The van der Waals surface area contributed by atoms with E-state index in [2.05, 4.69) is 55.0 Å². The molecule has 0 atom stereocenters. The topological polar surface area (TPSA) is 95.0 Å². The highest BCUT2D eigenvalue weighted by atomic mass is 16.2. The molecule has 0 aliphatic carbocycles. The van der Waals surface area contributed by atoms with Crippen molar-refractivity contribution in [2.75, 3.05) is 37.6 Å². The molecule has 1 aliphatic rings. The number of fused-ring (bicyclic) bond motifs is 1. The molecule has 1 fully saturated rings. The maximum atomic E-state index is 12.4. The van der Waals surface area contributed by atoms with Gasteiger partial charge in [0.15, 0.2) is 5.82 Å². The number of rotatable bonds is 4. The van der Waals surface area contributed by atoms with E-state index < -0.39 is 0 Å². The summed E-state index contributed by atoms with van der Waals surface area (Å²) >= 11 is 0. The molecule has 9 heteroatoms. The van der Waals surface area contributed by atoms with Crippen LogP contribution in [-0.4, -0.2) is 68.8 Å². The number of nitrogens with zero attached hydrogens (tertiary/aromatic N) is 6. The molecule has 4 rings (SSSR count). The van der Waals surface area contributed by atoms with Crippen LogP contribution in [0.2, 0.25) is 0 Å². The molecular weight excluding hydrogens is 332 g/mol. The van der Waals surface area contributed by atoms with E-state index >= 15 is 0 Å². The van der Waals surface area contributed by atoms with Crippen LogP contribution >= 0.6 is 0 Å². The molecular formula is C17H22N8O. The summed E-state index contributed by atoms with van der Waals surface area (Å²) in [5.74, 6) is 0.759. The van der Waals surface area contributed by atoms with Crippen molar-refractivity contribution in [3.8, 4) is 0 Å². The van der Waals surface area contributed by atoms with Crippen LogP contribution in [0.5, 0.6) is 0 Å². The van der Waals surface area contributed by atoms with Gasteiger partial charge in [-0.05, 0) is 28.6 Å². The molecule has 1 aliphatic heterocycles. The van der Waals surface area contributed by atoms with Gasteiger partial charge in [0.05, 0.1) is 0 Å². The first-order chi connectivity index (χ1) is 12.7. The Kier molecular flexibility index (Phi) is 4.42. The summed E-state index contributed by atoms with van der Waals surface area (Å²) in [7, 11) is 1.79. The highest BCUT2D eigenvalue weighted by Crippen LogP contribution is 2.26. The number of piperazine rings is 1. The Morgan fingerprint density at radius 3 is 2.85 bits per heavy atom. The average Bonchev–Trinajstić information content (AvgIpc) is 3.30. The molecule has 0 spiro atoms. The number of anilines is 1. The Bertz CT molecular complexity index is 893. The number of amides is 2.